The van der Waals surface area contributed by atoms with Gasteiger partial charge >= 0.3 is 0 Å². The predicted octanol–water partition coefficient (Wildman–Crippen LogP) is 3.99. The maximum Gasteiger partial charge on any atom is 0.133 e. The summed E-state index contributed by atoms with van der Waals surface area (Å²) in [6.07, 6.45) is 7.25. The number of ether oxygens (including phenoxy) is 1. The molecular weight excluding hydrogens is 304 g/mol. The fraction of sp³-hybridized carbons (Fsp3) is 0.875. The van der Waals surface area contributed by atoms with Crippen LogP contribution in [0.15, 0.2) is 0 Å². The molecule has 0 aliphatic carbocycles. The van der Waals surface area contributed by atoms with Crippen molar-refractivity contribution in [2.24, 2.45) is 0 Å². The normalized spacial score (nSPS) is 10.8. The lowest BCUT2D eigenvalue weighted by molar-refractivity contribution is -0.119. The van der Waals surface area contributed by atoms with Crippen LogP contribution in [0.25, 0.3) is 0 Å². The van der Waals surface area contributed by atoms with Crippen LogP contribution >= 0.6 is 23.5 Å². The van der Waals surface area contributed by atoms with Gasteiger partial charge in [-0.05, 0) is 25.5 Å². The monoisotopic (exact) mass is 334 g/mol. The molecule has 0 rings (SSSR count). The zero-order chi connectivity index (χ0) is 15.8. The molecule has 0 aliphatic rings. The minimum atomic E-state index is 0.329. The third-order valence-electron chi connectivity index (χ3n) is 2.97. The molecule has 0 radical (unpaired) electrons. The van der Waals surface area contributed by atoms with Crippen LogP contribution in [0.2, 0.25) is 0 Å². The Morgan fingerprint density at radius 2 is 1.48 bits per heavy atom. The molecule has 0 saturated carbocycles. The van der Waals surface area contributed by atoms with Gasteiger partial charge in [-0.15, -0.1) is 0 Å². The molecule has 0 N–H and O–H groups in total. The Hall–Kier alpha value is 0. The number of hydrogen-bond acceptors (Lipinski definition) is 5. The molecule has 0 unspecified atom stereocenters. The van der Waals surface area contributed by atoms with Gasteiger partial charge in [-0.25, -0.2) is 0 Å². The van der Waals surface area contributed by atoms with E-state index in [1.807, 2.05) is 30.4 Å². The summed E-state index contributed by atoms with van der Waals surface area (Å²) < 4.78 is 5.46. The predicted molar refractivity (Wildman–Crippen MR) is 94.5 cm³/mol. The van der Waals surface area contributed by atoms with Crippen LogP contribution in [0.4, 0.5) is 0 Å². The maximum absolute atomic E-state index is 11.6. The summed E-state index contributed by atoms with van der Waals surface area (Å²) in [6, 6.07) is 0. The Labute approximate surface area is 138 Å². The summed E-state index contributed by atoms with van der Waals surface area (Å²) >= 11 is 3.70. The van der Waals surface area contributed by atoms with Gasteiger partial charge in [-0.1, -0.05) is 6.92 Å². The summed E-state index contributed by atoms with van der Waals surface area (Å²) in [5, 5.41) is 0. The minimum absolute atomic E-state index is 0.329. The van der Waals surface area contributed by atoms with E-state index in [9.17, 15) is 9.59 Å². The lowest BCUT2D eigenvalue weighted by Crippen LogP contribution is -2.05. The molecule has 0 aromatic heterocycles. The van der Waals surface area contributed by atoms with Crippen molar-refractivity contribution >= 4 is 35.1 Å². The molecule has 3 nitrogen and oxygen atoms in total. The van der Waals surface area contributed by atoms with Gasteiger partial charge in [0, 0.05) is 56.2 Å². The van der Waals surface area contributed by atoms with Gasteiger partial charge in [0.1, 0.15) is 11.6 Å². The highest BCUT2D eigenvalue weighted by Gasteiger charge is 2.03. The third-order valence-corrected chi connectivity index (χ3v) is 4.83. The van der Waals surface area contributed by atoms with Crippen LogP contribution < -0.4 is 0 Å². The van der Waals surface area contributed by atoms with Crippen LogP contribution in [0.3, 0.4) is 0 Å². The number of ketones is 2. The fourth-order valence-electron chi connectivity index (χ4n) is 1.80. The Bertz CT molecular complexity index is 270. The van der Waals surface area contributed by atoms with Gasteiger partial charge in [0.2, 0.25) is 0 Å². The average Bonchev–Trinajstić information content (AvgIpc) is 2.46. The standard InChI is InChI=1S/C16H30O3S2/c1-3-6-15(17)7-4-10-19-11-5-8-16(18)9-12-21-14-13-20-2/h3-14H2,1-2H3. The lowest BCUT2D eigenvalue weighted by Gasteiger charge is -2.04. The smallest absolute Gasteiger partial charge is 0.133 e. The highest BCUT2D eigenvalue weighted by Crippen LogP contribution is 2.07. The first-order valence-electron chi connectivity index (χ1n) is 7.88. The summed E-state index contributed by atoms with van der Waals surface area (Å²) in [5.74, 6) is 3.91. The molecule has 0 atom stereocenters. The molecule has 0 heterocycles. The van der Waals surface area contributed by atoms with Gasteiger partial charge in [0.05, 0.1) is 0 Å². The van der Waals surface area contributed by atoms with Crippen molar-refractivity contribution in [3.63, 3.8) is 0 Å². The van der Waals surface area contributed by atoms with Crippen LogP contribution in [0.1, 0.15) is 51.9 Å². The van der Waals surface area contributed by atoms with Crippen LogP contribution in [0, 0.1) is 0 Å². The molecule has 0 spiro atoms. The van der Waals surface area contributed by atoms with Gasteiger partial charge in [-0.3, -0.25) is 9.59 Å². The molecule has 0 fully saturated rings. The SMILES string of the molecule is CCCC(=O)CCCOCCCC(=O)CCSCCSC. The molecular formula is C16H30O3S2. The minimum Gasteiger partial charge on any atom is -0.381 e. The van der Waals surface area contributed by atoms with Gasteiger partial charge in [0.25, 0.3) is 0 Å². The van der Waals surface area contributed by atoms with E-state index in [1.54, 1.807) is 0 Å². The molecule has 0 bridgehead atoms. The van der Waals surface area contributed by atoms with Crippen molar-refractivity contribution in [3.05, 3.63) is 0 Å². The highest BCUT2D eigenvalue weighted by molar-refractivity contribution is 8.02. The van der Waals surface area contributed by atoms with Crippen LogP contribution in [-0.2, 0) is 14.3 Å². The number of thioether (sulfide) groups is 2. The van der Waals surface area contributed by atoms with E-state index in [0.29, 0.717) is 50.5 Å². The summed E-state index contributed by atoms with van der Waals surface area (Å²) in [6.45, 7) is 3.29. The molecule has 0 aromatic rings. The van der Waals surface area contributed by atoms with Crippen molar-refractivity contribution in [2.75, 3.05) is 36.7 Å². The van der Waals surface area contributed by atoms with Gasteiger partial charge in [0.15, 0.2) is 0 Å². The third kappa shape index (κ3) is 16.2. The molecule has 0 aliphatic heterocycles. The number of Topliss-reactive ketones (excluding diaryl/α,β-unsaturated/α-hetero) is 2. The van der Waals surface area contributed by atoms with E-state index in [2.05, 4.69) is 6.26 Å². The Kier molecular flexibility index (Phi) is 16.4. The molecule has 0 saturated heterocycles. The first kappa shape index (κ1) is 21.0. The first-order valence-corrected chi connectivity index (χ1v) is 10.4. The lowest BCUT2D eigenvalue weighted by atomic mass is 10.1. The molecule has 124 valence electrons. The molecule has 5 heteroatoms. The largest absolute Gasteiger partial charge is 0.381 e. The number of carbonyl (C=O) groups excluding carboxylic acids is 2. The topological polar surface area (TPSA) is 43.4 Å². The Morgan fingerprint density at radius 1 is 0.857 bits per heavy atom. The maximum atomic E-state index is 11.6. The van der Waals surface area contributed by atoms with E-state index >= 15 is 0 Å². The first-order chi connectivity index (χ1) is 10.2. The second-order valence-corrected chi connectivity index (χ2v) is 7.21. The van der Waals surface area contributed by atoms with Crippen molar-refractivity contribution in [3.8, 4) is 0 Å². The second kappa shape index (κ2) is 16.4. The van der Waals surface area contributed by atoms with Crippen LogP contribution in [-0.4, -0.2) is 48.3 Å². The second-order valence-electron chi connectivity index (χ2n) is 5.00. The van der Waals surface area contributed by atoms with E-state index < -0.39 is 0 Å². The summed E-state index contributed by atoms with van der Waals surface area (Å²) in [4.78, 5) is 22.9. The zero-order valence-electron chi connectivity index (χ0n) is 13.5. The van der Waals surface area contributed by atoms with Gasteiger partial charge < -0.3 is 4.74 Å². The van der Waals surface area contributed by atoms with E-state index in [4.69, 9.17) is 4.74 Å². The van der Waals surface area contributed by atoms with Crippen molar-refractivity contribution in [1.82, 2.24) is 0 Å². The Morgan fingerprint density at radius 3 is 2.05 bits per heavy atom. The van der Waals surface area contributed by atoms with Crippen molar-refractivity contribution < 1.29 is 14.3 Å². The summed E-state index contributed by atoms with van der Waals surface area (Å²) in [7, 11) is 0. The molecule has 21 heavy (non-hydrogen) atoms. The number of rotatable bonds is 16. The highest BCUT2D eigenvalue weighted by atomic mass is 32.2. The van der Waals surface area contributed by atoms with Crippen molar-refractivity contribution in [1.29, 1.82) is 0 Å². The van der Waals surface area contributed by atoms with E-state index in [0.717, 1.165) is 36.5 Å². The number of hydrogen-bond donors (Lipinski definition) is 0. The Balaban J connectivity index is 3.23. The molecule has 0 amide bonds. The molecule has 0 aromatic carbocycles. The van der Waals surface area contributed by atoms with Crippen molar-refractivity contribution in [2.45, 2.75) is 51.9 Å². The van der Waals surface area contributed by atoms with E-state index in [1.165, 1.54) is 0 Å². The summed E-state index contributed by atoms with van der Waals surface area (Å²) in [5.41, 5.74) is 0. The quantitative estimate of drug-likeness (QED) is 0.399. The number of carbonyl (C=O) groups is 2. The fourth-order valence-corrected chi connectivity index (χ4v) is 3.52. The van der Waals surface area contributed by atoms with Crippen LogP contribution in [0.5, 0.6) is 0 Å². The average molecular weight is 335 g/mol. The zero-order valence-corrected chi connectivity index (χ0v) is 15.2. The van der Waals surface area contributed by atoms with Gasteiger partial charge in [-0.2, -0.15) is 23.5 Å². The van der Waals surface area contributed by atoms with E-state index in [-0.39, 0.29) is 0 Å².